The number of hydrogen-bond acceptors (Lipinski definition) is 1. The SMILES string of the molecule is C#CCCC#CC#CCO. The summed E-state index contributed by atoms with van der Waals surface area (Å²) < 4.78 is 0. The number of terminal acetylenes is 1. The fraction of sp³-hybridized carbons (Fsp3) is 0.333. The molecule has 0 fully saturated rings. The maximum atomic E-state index is 8.20. The molecule has 0 heterocycles. The van der Waals surface area contributed by atoms with Crippen LogP contribution < -0.4 is 0 Å². The monoisotopic (exact) mass is 132 g/mol. The Labute approximate surface area is 61.5 Å². The van der Waals surface area contributed by atoms with Gasteiger partial charge in [0.05, 0.1) is 0 Å². The van der Waals surface area contributed by atoms with Gasteiger partial charge in [0.1, 0.15) is 6.61 Å². The van der Waals surface area contributed by atoms with E-state index in [1.54, 1.807) is 0 Å². The van der Waals surface area contributed by atoms with Crippen molar-refractivity contribution in [3.05, 3.63) is 0 Å². The zero-order chi connectivity index (χ0) is 7.66. The normalized spacial score (nSPS) is 6.00. The van der Waals surface area contributed by atoms with Gasteiger partial charge in [0.25, 0.3) is 0 Å². The first-order chi connectivity index (χ1) is 4.91. The lowest BCUT2D eigenvalue weighted by atomic mass is 10.3. The van der Waals surface area contributed by atoms with E-state index in [4.69, 9.17) is 11.5 Å². The molecule has 0 aliphatic heterocycles. The molecule has 10 heavy (non-hydrogen) atoms. The molecule has 0 unspecified atom stereocenters. The fourth-order valence-electron chi connectivity index (χ4n) is 0.325. The van der Waals surface area contributed by atoms with Crippen molar-refractivity contribution < 1.29 is 5.11 Å². The number of hydrogen-bond donors (Lipinski definition) is 1. The molecule has 0 bridgehead atoms. The summed E-state index contributed by atoms with van der Waals surface area (Å²) in [6.07, 6.45) is 6.31. The molecule has 50 valence electrons. The van der Waals surface area contributed by atoms with Gasteiger partial charge in [-0.2, -0.15) is 0 Å². The van der Waals surface area contributed by atoms with Crippen LogP contribution in [-0.4, -0.2) is 11.7 Å². The van der Waals surface area contributed by atoms with Crippen molar-refractivity contribution in [3.63, 3.8) is 0 Å². The maximum absolute atomic E-state index is 8.20. The molecule has 0 spiro atoms. The van der Waals surface area contributed by atoms with E-state index in [1.165, 1.54) is 0 Å². The van der Waals surface area contributed by atoms with E-state index in [0.717, 1.165) is 0 Å². The van der Waals surface area contributed by atoms with Crippen molar-refractivity contribution in [3.8, 4) is 36.0 Å². The third kappa shape index (κ3) is 6.64. The zero-order valence-electron chi connectivity index (χ0n) is 5.65. The highest BCUT2D eigenvalue weighted by Crippen LogP contribution is 1.79. The van der Waals surface area contributed by atoms with Crippen LogP contribution in [0.3, 0.4) is 0 Å². The van der Waals surface area contributed by atoms with Crippen LogP contribution in [0.4, 0.5) is 0 Å². The minimum absolute atomic E-state index is 0.135. The molecular formula is C9H8O. The summed E-state index contributed by atoms with van der Waals surface area (Å²) in [7, 11) is 0. The van der Waals surface area contributed by atoms with E-state index in [0.29, 0.717) is 12.8 Å². The summed E-state index contributed by atoms with van der Waals surface area (Å²) in [6.45, 7) is -0.135. The molecule has 0 atom stereocenters. The van der Waals surface area contributed by atoms with Gasteiger partial charge in [0.2, 0.25) is 0 Å². The largest absolute Gasteiger partial charge is 0.384 e. The van der Waals surface area contributed by atoms with Gasteiger partial charge in [-0.15, -0.1) is 12.3 Å². The van der Waals surface area contributed by atoms with E-state index in [2.05, 4.69) is 29.6 Å². The Kier molecular flexibility index (Phi) is 6.60. The third-order valence-electron chi connectivity index (χ3n) is 0.713. The van der Waals surface area contributed by atoms with Gasteiger partial charge < -0.3 is 5.11 Å². The number of rotatable bonds is 1. The second-order valence-corrected chi connectivity index (χ2v) is 1.47. The average Bonchev–Trinajstić information content (AvgIpc) is 1.97. The van der Waals surface area contributed by atoms with Crippen molar-refractivity contribution >= 4 is 0 Å². The quantitative estimate of drug-likeness (QED) is 0.404. The van der Waals surface area contributed by atoms with Crippen molar-refractivity contribution in [1.82, 2.24) is 0 Å². The minimum Gasteiger partial charge on any atom is -0.384 e. The molecule has 0 amide bonds. The molecule has 0 rings (SSSR count). The first kappa shape index (κ1) is 8.64. The molecular weight excluding hydrogens is 124 g/mol. The topological polar surface area (TPSA) is 20.2 Å². The molecule has 0 saturated carbocycles. The summed E-state index contributed by atoms with van der Waals surface area (Å²) >= 11 is 0. The van der Waals surface area contributed by atoms with E-state index in [9.17, 15) is 0 Å². The third-order valence-corrected chi connectivity index (χ3v) is 0.713. The van der Waals surface area contributed by atoms with E-state index >= 15 is 0 Å². The lowest BCUT2D eigenvalue weighted by molar-refractivity contribution is 0.350. The summed E-state index contributed by atoms with van der Waals surface area (Å²) in [4.78, 5) is 0. The van der Waals surface area contributed by atoms with Crippen LogP contribution in [0.5, 0.6) is 0 Å². The van der Waals surface area contributed by atoms with Crippen molar-refractivity contribution in [2.45, 2.75) is 12.8 Å². The Morgan fingerprint density at radius 2 is 1.80 bits per heavy atom. The molecule has 0 aliphatic carbocycles. The molecule has 0 aromatic rings. The van der Waals surface area contributed by atoms with Gasteiger partial charge in [0, 0.05) is 12.8 Å². The first-order valence-electron chi connectivity index (χ1n) is 2.92. The van der Waals surface area contributed by atoms with Gasteiger partial charge in [-0.1, -0.05) is 11.8 Å². The molecule has 1 N–H and O–H groups in total. The average molecular weight is 132 g/mol. The number of unbranched alkanes of at least 4 members (excludes halogenated alkanes) is 1. The predicted octanol–water partition coefficient (Wildman–Crippen LogP) is 0.399. The second kappa shape index (κ2) is 7.64. The lowest BCUT2D eigenvalue weighted by Gasteiger charge is -1.73. The first-order valence-corrected chi connectivity index (χ1v) is 2.92. The zero-order valence-corrected chi connectivity index (χ0v) is 5.65. The predicted molar refractivity (Wildman–Crippen MR) is 40.7 cm³/mol. The highest BCUT2D eigenvalue weighted by atomic mass is 16.2. The van der Waals surface area contributed by atoms with Gasteiger partial charge in [0.15, 0.2) is 0 Å². The van der Waals surface area contributed by atoms with Gasteiger partial charge >= 0.3 is 0 Å². The molecule has 1 heteroatoms. The van der Waals surface area contributed by atoms with Crippen molar-refractivity contribution in [2.24, 2.45) is 0 Å². The molecule has 0 aromatic carbocycles. The lowest BCUT2D eigenvalue weighted by Crippen LogP contribution is -1.69. The van der Waals surface area contributed by atoms with Crippen LogP contribution >= 0.6 is 0 Å². The number of aliphatic hydroxyl groups excluding tert-OH is 1. The molecule has 1 nitrogen and oxygen atoms in total. The van der Waals surface area contributed by atoms with Gasteiger partial charge in [-0.3, -0.25) is 0 Å². The Morgan fingerprint density at radius 1 is 1.10 bits per heavy atom. The number of aliphatic hydroxyl groups is 1. The molecule has 0 saturated heterocycles. The van der Waals surface area contributed by atoms with Crippen LogP contribution in [0.1, 0.15) is 12.8 Å². The van der Waals surface area contributed by atoms with Crippen molar-refractivity contribution in [1.29, 1.82) is 0 Å². The second-order valence-electron chi connectivity index (χ2n) is 1.47. The summed E-state index contributed by atoms with van der Waals surface area (Å²) in [5.41, 5.74) is 0. The highest BCUT2D eigenvalue weighted by molar-refractivity contribution is 5.25. The minimum atomic E-state index is -0.135. The van der Waals surface area contributed by atoms with Crippen LogP contribution in [-0.2, 0) is 0 Å². The van der Waals surface area contributed by atoms with Crippen LogP contribution in [0.25, 0.3) is 0 Å². The van der Waals surface area contributed by atoms with Crippen molar-refractivity contribution in [2.75, 3.05) is 6.61 Å². The summed E-state index contributed by atoms with van der Waals surface area (Å²) in [5, 5.41) is 8.20. The van der Waals surface area contributed by atoms with E-state index in [1.807, 2.05) is 0 Å². The fourth-order valence-corrected chi connectivity index (χ4v) is 0.325. The molecule has 0 aliphatic rings. The smallest absolute Gasteiger partial charge is 0.105 e. The highest BCUT2D eigenvalue weighted by Gasteiger charge is 1.69. The standard InChI is InChI=1S/C9H8O/c1-2-3-4-5-6-7-8-9-10/h1,10H,3-4,9H2. The Balaban J connectivity index is 3.42. The van der Waals surface area contributed by atoms with Crippen LogP contribution in [0, 0.1) is 36.0 Å². The summed E-state index contributed by atoms with van der Waals surface area (Å²) in [5.74, 6) is 12.6. The molecule has 0 radical (unpaired) electrons. The van der Waals surface area contributed by atoms with Crippen LogP contribution in [0.2, 0.25) is 0 Å². The van der Waals surface area contributed by atoms with Crippen LogP contribution in [0.15, 0.2) is 0 Å². The van der Waals surface area contributed by atoms with Gasteiger partial charge in [-0.05, 0) is 11.8 Å². The van der Waals surface area contributed by atoms with E-state index < -0.39 is 0 Å². The maximum Gasteiger partial charge on any atom is 0.105 e. The van der Waals surface area contributed by atoms with E-state index in [-0.39, 0.29) is 6.61 Å². The molecule has 0 aromatic heterocycles. The summed E-state index contributed by atoms with van der Waals surface area (Å²) in [6, 6.07) is 0. The Bertz CT molecular complexity index is 223. The van der Waals surface area contributed by atoms with Gasteiger partial charge in [-0.25, -0.2) is 0 Å². The Hall–Kier alpha value is -1.36. The Morgan fingerprint density at radius 3 is 2.40 bits per heavy atom.